The molecule has 19 rings (SSSR count). The molecule has 0 bridgehead atoms. The second-order valence-corrected chi connectivity index (χ2v) is 26.5. The number of rotatable bonds is 8. The van der Waals surface area contributed by atoms with Gasteiger partial charge in [-0.05, 0) is 126 Å². The zero-order valence-electron chi connectivity index (χ0n) is 62.2. The van der Waals surface area contributed by atoms with E-state index in [1.54, 1.807) is 0 Å². The minimum atomic E-state index is -3.44. The summed E-state index contributed by atoms with van der Waals surface area (Å²) in [6.45, 7) is 0. The molecule has 0 fully saturated rings. The van der Waals surface area contributed by atoms with Gasteiger partial charge in [0.05, 0.1) is 53.7 Å². The Labute approximate surface area is 534 Å². The first-order valence-electron chi connectivity index (χ1n) is 37.0. The summed E-state index contributed by atoms with van der Waals surface area (Å²) in [5.74, 6) is 0. The summed E-state index contributed by atoms with van der Waals surface area (Å²) < 4.78 is 153. The van der Waals surface area contributed by atoms with Gasteiger partial charge in [0, 0.05) is 71.1 Å². The van der Waals surface area contributed by atoms with Gasteiger partial charge in [-0.2, -0.15) is 0 Å². The largest absolute Gasteiger partial charge is 0.455 e. The highest BCUT2D eigenvalue weighted by atomic mass is 28.3. The lowest BCUT2D eigenvalue weighted by Crippen LogP contribution is -2.74. The monoisotopic (exact) mass is 1160 g/mol. The van der Waals surface area contributed by atoms with Crippen molar-refractivity contribution >= 4 is 148 Å². The van der Waals surface area contributed by atoms with E-state index in [4.69, 9.17) is 12.6 Å². The number of hydrogen-bond donors (Lipinski definition) is 0. The van der Waals surface area contributed by atoms with E-state index in [0.717, 1.165) is 113 Å². The molecule has 4 heterocycles. The predicted molar refractivity (Wildman–Crippen MR) is 378 cm³/mol. The van der Waals surface area contributed by atoms with E-state index in [2.05, 4.69) is 168 Å². The van der Waals surface area contributed by atoms with Gasteiger partial charge < -0.3 is 18.1 Å². The van der Waals surface area contributed by atoms with Gasteiger partial charge in [-0.1, -0.05) is 249 Å². The molecule has 5 heteroatoms. The van der Waals surface area contributed by atoms with E-state index >= 15 is 0 Å². The van der Waals surface area contributed by atoms with Crippen LogP contribution < -0.4 is 20.7 Å². The summed E-state index contributed by atoms with van der Waals surface area (Å²) in [5.41, 5.74) is 4.61. The van der Waals surface area contributed by atoms with Crippen LogP contribution in [0.2, 0.25) is 0 Å². The van der Waals surface area contributed by atoms with E-state index in [1.165, 1.54) is 4.57 Å². The predicted octanol–water partition coefficient (Wildman–Crippen LogP) is 19.4. The van der Waals surface area contributed by atoms with Gasteiger partial charge in [-0.15, -0.1) is 0 Å². The number of nitrogens with zero attached hydrogens (tertiary/aromatic N) is 3. The van der Waals surface area contributed by atoms with Crippen molar-refractivity contribution in [3.05, 3.63) is 321 Å². The fourth-order valence-corrected chi connectivity index (χ4v) is 19.4. The lowest BCUT2D eigenvalue weighted by Gasteiger charge is -2.35. The summed E-state index contributed by atoms with van der Waals surface area (Å²) in [5, 5.41) is 13.5. The third-order valence-corrected chi connectivity index (χ3v) is 23.0. The van der Waals surface area contributed by atoms with Crippen LogP contribution in [0.4, 0.5) is 0 Å². The molecule has 0 saturated carbocycles. The zero-order valence-corrected chi connectivity index (χ0v) is 48.2. The summed E-state index contributed by atoms with van der Waals surface area (Å²) in [6.07, 6.45) is 0. The fourth-order valence-electron chi connectivity index (χ4n) is 14.6. The lowest BCUT2D eigenvalue weighted by molar-refractivity contribution is 0.670. The van der Waals surface area contributed by atoms with Crippen molar-refractivity contribution in [2.24, 2.45) is 0 Å². The standard InChI is InChI=1S/C84H53N3OSi/c1-3-24-58(25-4-1)89(59-26-5-2-6-27-59,60-28-19-22-54(50-60)62-38-21-39-72-69-36-14-18-43-81(69)88-84(62)72)61-29-20-23-55(51-61)87-79-49-47-71-65-32-8-7-30-63(65)64-31-9-10-37-70(64)82(71)83(79)73-46-44-57(53-80(73)87)86-77-42-17-13-35-68(77)74-52-56(45-48-78(74)86)85-75-40-15-11-33-66(75)67-34-12-16-41-76(67)85/h1-53H/i11D,12D,13D,15D,16D,17D,33D,34D,35D,40D,41D,42D,45D,48D,52D. The maximum Gasteiger partial charge on any atom is 0.179 e. The van der Waals surface area contributed by atoms with E-state index in [1.807, 2.05) is 66.7 Å². The van der Waals surface area contributed by atoms with Gasteiger partial charge in [0.25, 0.3) is 0 Å². The first-order valence-corrected chi connectivity index (χ1v) is 31.5. The summed E-state index contributed by atoms with van der Waals surface area (Å²) in [7, 11) is -3.44. The molecule has 0 radical (unpaired) electrons. The molecule has 0 saturated heterocycles. The highest BCUT2D eigenvalue weighted by molar-refractivity contribution is 7.20. The van der Waals surface area contributed by atoms with E-state index in [-0.39, 0.29) is 43.6 Å². The number of fused-ring (bicyclic) bond motifs is 19. The van der Waals surface area contributed by atoms with Crippen LogP contribution in [0.3, 0.4) is 0 Å². The third-order valence-electron chi connectivity index (χ3n) is 18.2. The molecule has 0 aliphatic heterocycles. The Morgan fingerprint density at radius 1 is 0.281 bits per heavy atom. The van der Waals surface area contributed by atoms with Crippen LogP contribution >= 0.6 is 0 Å². The van der Waals surface area contributed by atoms with Crippen LogP contribution in [0, 0.1) is 0 Å². The fraction of sp³-hybridized carbons (Fsp3) is 0. The van der Waals surface area contributed by atoms with Gasteiger partial charge >= 0.3 is 0 Å². The molecule has 4 nitrogen and oxygen atoms in total. The average molecular weight is 1160 g/mol. The SMILES string of the molecule is [2H]c1c([2H])c([2H])c2c(c1[2H])c1c([2H])c(-n3c4c([2H])c([2H])c([2H])c([2H])c4c4c([2H])c([2H])c([2H])c([2H])c43)c([2H])c([2H])c1n2-c1ccc2c3c4c5ccccc5c5ccccc5c4ccc3n(-c3cccc([Si](c4ccccc4)(c4ccccc4)c4cccc(-c5cccc6c5oc5ccccc56)c4)c3)c2c1. The quantitative estimate of drug-likeness (QED) is 0.0846. The Hall–Kier alpha value is -11.5. The van der Waals surface area contributed by atoms with Crippen molar-refractivity contribution in [3.63, 3.8) is 0 Å². The maximum absolute atomic E-state index is 10.4. The van der Waals surface area contributed by atoms with E-state index in [0.29, 0.717) is 11.2 Å². The number of benzene rings is 15. The topological polar surface area (TPSA) is 27.9 Å². The number of furan rings is 1. The molecular formula is C84H53N3OSi. The van der Waals surface area contributed by atoms with Gasteiger partial charge in [0.15, 0.2) is 8.07 Å². The molecule has 0 atom stereocenters. The Bertz CT molecular complexity index is 6910. The van der Waals surface area contributed by atoms with Crippen LogP contribution in [0.25, 0.3) is 148 Å². The molecule has 4 aromatic heterocycles. The molecule has 0 aliphatic carbocycles. The Kier molecular flexibility index (Phi) is 8.03. The van der Waals surface area contributed by atoms with E-state index < -0.39 is 104 Å². The molecule has 0 unspecified atom stereocenters. The Balaban J connectivity index is 0.928. The minimum Gasteiger partial charge on any atom is -0.455 e. The van der Waals surface area contributed by atoms with Crippen molar-refractivity contribution in [2.75, 3.05) is 0 Å². The van der Waals surface area contributed by atoms with Gasteiger partial charge in [0.1, 0.15) is 11.2 Å². The average Bonchev–Trinajstić information content (AvgIpc) is 1.53. The summed E-state index contributed by atoms with van der Waals surface area (Å²) in [6, 6.07) is 70.6. The Morgan fingerprint density at radius 2 is 0.775 bits per heavy atom. The van der Waals surface area contributed by atoms with E-state index in [9.17, 15) is 12.3 Å². The first-order chi connectivity index (χ1) is 50.4. The molecule has 0 aliphatic rings. The highest BCUT2D eigenvalue weighted by Crippen LogP contribution is 2.45. The highest BCUT2D eigenvalue weighted by Gasteiger charge is 2.42. The van der Waals surface area contributed by atoms with Crippen molar-refractivity contribution in [1.82, 2.24) is 13.7 Å². The van der Waals surface area contributed by atoms with Crippen molar-refractivity contribution in [3.8, 4) is 28.2 Å². The molecule has 0 spiro atoms. The van der Waals surface area contributed by atoms with Crippen LogP contribution in [-0.2, 0) is 0 Å². The minimum absolute atomic E-state index is 0.122. The second-order valence-electron chi connectivity index (χ2n) is 22.7. The summed E-state index contributed by atoms with van der Waals surface area (Å²) in [4.78, 5) is 0. The molecule has 19 aromatic rings. The zero-order chi connectivity index (χ0) is 71.4. The number of aromatic nitrogens is 3. The smallest absolute Gasteiger partial charge is 0.179 e. The van der Waals surface area contributed by atoms with Gasteiger partial charge in [0.2, 0.25) is 0 Å². The Morgan fingerprint density at radius 3 is 1.47 bits per heavy atom. The molecule has 0 N–H and O–H groups in total. The lowest BCUT2D eigenvalue weighted by atomic mass is 9.92. The van der Waals surface area contributed by atoms with Crippen molar-refractivity contribution < 1.29 is 25.0 Å². The molecule has 414 valence electrons. The molecular weight excluding hydrogens is 1100 g/mol. The van der Waals surface area contributed by atoms with Crippen LogP contribution in [0.5, 0.6) is 0 Å². The normalized spacial score (nSPS) is 14.6. The first kappa shape index (κ1) is 37.1. The van der Waals surface area contributed by atoms with Gasteiger partial charge in [-0.3, -0.25) is 0 Å². The molecule has 89 heavy (non-hydrogen) atoms. The number of hydrogen-bond acceptors (Lipinski definition) is 1. The van der Waals surface area contributed by atoms with Crippen LogP contribution in [0.1, 0.15) is 20.6 Å². The van der Waals surface area contributed by atoms with Crippen molar-refractivity contribution in [1.29, 1.82) is 0 Å². The number of para-hydroxylation sites is 5. The van der Waals surface area contributed by atoms with Gasteiger partial charge in [-0.25, -0.2) is 0 Å². The molecule has 0 amide bonds. The molecule has 15 aromatic carbocycles. The second kappa shape index (κ2) is 19.3. The summed E-state index contributed by atoms with van der Waals surface area (Å²) >= 11 is 0. The maximum atomic E-state index is 10.4. The van der Waals surface area contributed by atoms with Crippen LogP contribution in [0.15, 0.2) is 326 Å². The van der Waals surface area contributed by atoms with Crippen LogP contribution in [-0.4, -0.2) is 21.8 Å². The van der Waals surface area contributed by atoms with Crippen molar-refractivity contribution in [2.45, 2.75) is 0 Å². The third kappa shape index (κ3) is 7.16.